The van der Waals surface area contributed by atoms with Gasteiger partial charge in [0.15, 0.2) is 0 Å². The summed E-state index contributed by atoms with van der Waals surface area (Å²) < 4.78 is 65.4. The second-order valence-corrected chi connectivity index (χ2v) is 8.50. The Labute approximate surface area is 178 Å². The molecule has 0 atom stereocenters. The zero-order valence-electron chi connectivity index (χ0n) is 16.4. The Bertz CT molecular complexity index is 1170. The number of hydrogen-bond donors (Lipinski definition) is 2. The molecule has 0 heterocycles. The first-order valence-corrected chi connectivity index (χ1v) is 10.7. The first-order chi connectivity index (χ1) is 14.6. The average Bonchev–Trinajstić information content (AvgIpc) is 2.73. The number of nitrogens with one attached hydrogen (secondary N) is 2. The third kappa shape index (κ3) is 5.64. The molecule has 31 heavy (non-hydrogen) atoms. The lowest BCUT2D eigenvalue weighted by molar-refractivity contribution is -0.137. The van der Waals surface area contributed by atoms with Gasteiger partial charge in [-0.2, -0.15) is 13.2 Å². The standard InChI is InChI=1S/C22H19F3N2O3S/c1-15-4-2-3-5-20(15)27-31(29,30)19-12-8-17(9-13-19)21(28)26-14-16-6-10-18(11-7-16)22(23,24)25/h2-13,27H,14H2,1H3,(H,26,28). The van der Waals surface area contributed by atoms with E-state index < -0.39 is 27.7 Å². The molecule has 0 aliphatic rings. The van der Waals surface area contributed by atoms with Crippen LogP contribution in [0.2, 0.25) is 0 Å². The van der Waals surface area contributed by atoms with E-state index in [1.165, 1.54) is 36.4 Å². The molecule has 0 unspecified atom stereocenters. The summed E-state index contributed by atoms with van der Waals surface area (Å²) in [6.07, 6.45) is -4.42. The summed E-state index contributed by atoms with van der Waals surface area (Å²) in [6, 6.07) is 16.8. The minimum Gasteiger partial charge on any atom is -0.348 e. The lowest BCUT2D eigenvalue weighted by Gasteiger charge is -2.11. The summed E-state index contributed by atoms with van der Waals surface area (Å²) in [4.78, 5) is 12.3. The van der Waals surface area contributed by atoms with Crippen molar-refractivity contribution in [3.8, 4) is 0 Å². The molecule has 0 aliphatic heterocycles. The summed E-state index contributed by atoms with van der Waals surface area (Å²) >= 11 is 0. The fourth-order valence-corrected chi connectivity index (χ4v) is 3.90. The average molecular weight is 448 g/mol. The van der Waals surface area contributed by atoms with E-state index in [9.17, 15) is 26.4 Å². The summed E-state index contributed by atoms with van der Waals surface area (Å²) in [5.41, 5.74) is 1.19. The van der Waals surface area contributed by atoms with E-state index in [1.807, 2.05) is 0 Å². The Kier molecular flexibility index (Phi) is 6.35. The van der Waals surface area contributed by atoms with Crippen LogP contribution in [0.5, 0.6) is 0 Å². The van der Waals surface area contributed by atoms with E-state index in [-0.39, 0.29) is 17.0 Å². The second kappa shape index (κ2) is 8.81. The van der Waals surface area contributed by atoms with Crippen LogP contribution in [-0.2, 0) is 22.7 Å². The maximum absolute atomic E-state index is 12.6. The zero-order valence-corrected chi connectivity index (χ0v) is 17.2. The van der Waals surface area contributed by atoms with Gasteiger partial charge in [0, 0.05) is 12.1 Å². The lowest BCUT2D eigenvalue weighted by atomic mass is 10.1. The first kappa shape index (κ1) is 22.4. The van der Waals surface area contributed by atoms with Crippen molar-refractivity contribution >= 4 is 21.6 Å². The molecule has 0 saturated heterocycles. The molecule has 0 saturated carbocycles. The molecule has 3 aromatic carbocycles. The SMILES string of the molecule is Cc1ccccc1NS(=O)(=O)c1ccc(C(=O)NCc2ccc(C(F)(F)F)cc2)cc1. The highest BCUT2D eigenvalue weighted by molar-refractivity contribution is 7.92. The Balaban J connectivity index is 1.64. The Hall–Kier alpha value is -3.33. The van der Waals surface area contributed by atoms with Crippen molar-refractivity contribution in [3.63, 3.8) is 0 Å². The topological polar surface area (TPSA) is 75.3 Å². The molecule has 0 bridgehead atoms. The first-order valence-electron chi connectivity index (χ1n) is 9.19. The number of halogens is 3. The Morgan fingerprint density at radius 1 is 0.903 bits per heavy atom. The highest BCUT2D eigenvalue weighted by Gasteiger charge is 2.29. The summed E-state index contributed by atoms with van der Waals surface area (Å²) in [5.74, 6) is -0.476. The molecular formula is C22H19F3N2O3S. The summed E-state index contributed by atoms with van der Waals surface area (Å²) in [5, 5.41) is 2.59. The van der Waals surface area contributed by atoms with Crippen LogP contribution in [0.25, 0.3) is 0 Å². The summed E-state index contributed by atoms with van der Waals surface area (Å²) in [6.45, 7) is 1.81. The molecule has 5 nitrogen and oxygen atoms in total. The normalized spacial score (nSPS) is 11.7. The lowest BCUT2D eigenvalue weighted by Crippen LogP contribution is -2.23. The van der Waals surface area contributed by atoms with Crippen LogP contribution in [0.15, 0.2) is 77.7 Å². The molecule has 1 amide bonds. The largest absolute Gasteiger partial charge is 0.416 e. The molecule has 0 fully saturated rings. The molecular weight excluding hydrogens is 429 g/mol. The van der Waals surface area contributed by atoms with Crippen molar-refractivity contribution in [3.05, 3.63) is 95.1 Å². The van der Waals surface area contributed by atoms with E-state index in [2.05, 4.69) is 10.0 Å². The highest BCUT2D eigenvalue weighted by Crippen LogP contribution is 2.29. The van der Waals surface area contributed by atoms with E-state index in [0.29, 0.717) is 11.3 Å². The Morgan fingerprint density at radius 3 is 2.10 bits per heavy atom. The predicted molar refractivity (Wildman–Crippen MR) is 111 cm³/mol. The van der Waals surface area contributed by atoms with Crippen molar-refractivity contribution in [2.75, 3.05) is 4.72 Å². The fraction of sp³-hybridized carbons (Fsp3) is 0.136. The number of sulfonamides is 1. The number of alkyl halides is 3. The van der Waals surface area contributed by atoms with Gasteiger partial charge in [0.25, 0.3) is 15.9 Å². The van der Waals surface area contributed by atoms with Gasteiger partial charge in [0.05, 0.1) is 16.1 Å². The molecule has 2 N–H and O–H groups in total. The molecule has 0 radical (unpaired) electrons. The minimum atomic E-state index is -4.42. The van der Waals surface area contributed by atoms with Crippen molar-refractivity contribution in [2.45, 2.75) is 24.5 Å². The quantitative estimate of drug-likeness (QED) is 0.572. The number of aryl methyl sites for hydroxylation is 1. The zero-order chi connectivity index (χ0) is 22.6. The van der Waals surface area contributed by atoms with Crippen molar-refractivity contribution in [2.24, 2.45) is 0 Å². The van der Waals surface area contributed by atoms with Gasteiger partial charge >= 0.3 is 6.18 Å². The Morgan fingerprint density at radius 2 is 1.52 bits per heavy atom. The number of benzene rings is 3. The van der Waals surface area contributed by atoms with Crippen LogP contribution in [0, 0.1) is 6.92 Å². The van der Waals surface area contributed by atoms with Gasteiger partial charge in [-0.05, 0) is 60.5 Å². The number of carbonyl (C=O) groups is 1. The molecule has 9 heteroatoms. The smallest absolute Gasteiger partial charge is 0.348 e. The van der Waals surface area contributed by atoms with Gasteiger partial charge in [-0.25, -0.2) is 8.42 Å². The second-order valence-electron chi connectivity index (χ2n) is 6.82. The molecule has 3 rings (SSSR count). The third-order valence-corrected chi connectivity index (χ3v) is 5.93. The monoisotopic (exact) mass is 448 g/mol. The van der Waals surface area contributed by atoms with Crippen molar-refractivity contribution in [1.82, 2.24) is 5.32 Å². The van der Waals surface area contributed by atoms with Gasteiger partial charge in [-0.1, -0.05) is 30.3 Å². The summed E-state index contributed by atoms with van der Waals surface area (Å²) in [7, 11) is -3.82. The van der Waals surface area contributed by atoms with Crippen LogP contribution in [0.1, 0.15) is 27.0 Å². The predicted octanol–water partition coefficient (Wildman–Crippen LogP) is 4.74. The van der Waals surface area contributed by atoms with Crippen LogP contribution in [0.3, 0.4) is 0 Å². The van der Waals surface area contributed by atoms with Crippen LogP contribution in [-0.4, -0.2) is 14.3 Å². The van der Waals surface area contributed by atoms with E-state index in [4.69, 9.17) is 0 Å². The molecule has 0 aliphatic carbocycles. The molecule has 0 spiro atoms. The van der Waals surface area contributed by atoms with Crippen molar-refractivity contribution in [1.29, 1.82) is 0 Å². The molecule has 3 aromatic rings. The third-order valence-electron chi connectivity index (χ3n) is 4.55. The van der Waals surface area contributed by atoms with Crippen LogP contribution >= 0.6 is 0 Å². The van der Waals surface area contributed by atoms with Crippen LogP contribution in [0.4, 0.5) is 18.9 Å². The number of anilines is 1. The number of para-hydroxylation sites is 1. The number of rotatable bonds is 6. The minimum absolute atomic E-state index is 0.00459. The number of carbonyl (C=O) groups excluding carboxylic acids is 1. The molecule has 162 valence electrons. The van der Waals surface area contributed by atoms with Gasteiger partial charge in [-0.15, -0.1) is 0 Å². The van der Waals surface area contributed by atoms with E-state index in [0.717, 1.165) is 17.7 Å². The number of amides is 1. The highest BCUT2D eigenvalue weighted by atomic mass is 32.2. The fourth-order valence-electron chi connectivity index (χ4n) is 2.77. The van der Waals surface area contributed by atoms with Gasteiger partial charge in [0.2, 0.25) is 0 Å². The maximum Gasteiger partial charge on any atom is 0.416 e. The van der Waals surface area contributed by atoms with E-state index in [1.54, 1.807) is 31.2 Å². The van der Waals surface area contributed by atoms with Gasteiger partial charge in [-0.3, -0.25) is 9.52 Å². The van der Waals surface area contributed by atoms with Crippen LogP contribution < -0.4 is 10.0 Å². The van der Waals surface area contributed by atoms with Crippen molar-refractivity contribution < 1.29 is 26.4 Å². The van der Waals surface area contributed by atoms with Gasteiger partial charge < -0.3 is 5.32 Å². The van der Waals surface area contributed by atoms with E-state index >= 15 is 0 Å². The maximum atomic E-state index is 12.6. The van der Waals surface area contributed by atoms with Gasteiger partial charge in [0.1, 0.15) is 0 Å². The number of hydrogen-bond acceptors (Lipinski definition) is 3. The molecule has 0 aromatic heterocycles.